The molecule has 0 aliphatic carbocycles. The van der Waals surface area contributed by atoms with Crippen molar-refractivity contribution in [2.24, 2.45) is 0 Å². The molecule has 96 valence electrons. The van der Waals surface area contributed by atoms with Crippen molar-refractivity contribution in [2.75, 3.05) is 6.61 Å². The maximum absolute atomic E-state index is 9.65. The number of thiol groups is 1. The van der Waals surface area contributed by atoms with E-state index in [2.05, 4.69) is 27.6 Å². The first-order valence-corrected chi connectivity index (χ1v) is 6.02. The second-order valence-corrected chi connectivity index (χ2v) is 4.54. The third-order valence-corrected chi connectivity index (χ3v) is 3.19. The summed E-state index contributed by atoms with van der Waals surface area (Å²) in [6.07, 6.45) is 2.72. The van der Waals surface area contributed by atoms with Crippen LogP contribution in [0.25, 0.3) is 11.2 Å². The van der Waals surface area contributed by atoms with Gasteiger partial charge in [0.05, 0.1) is 19.0 Å². The number of nitrogens with zero attached hydrogens (tertiary/aromatic N) is 4. The fourth-order valence-electron chi connectivity index (χ4n) is 2.13. The standard InChI is InChI=1S/C10H12N4O3S/c15-3-5-1-2-6(17-5)14-4-11-7-8(14)12-10(18)13-9(7)16/h4-6,15H,1-3H2,(H2,12,13,16,18)/t5-,6+/m0/s1. The highest BCUT2D eigenvalue weighted by Gasteiger charge is 2.28. The number of aliphatic hydroxyl groups excluding tert-OH is 1. The SMILES string of the molecule is OC[C@@H]1CC[C@H](n2cnc3c(O)nc(S)nc32)O1. The highest BCUT2D eigenvalue weighted by Crippen LogP contribution is 2.31. The van der Waals surface area contributed by atoms with E-state index in [-0.39, 0.29) is 30.0 Å². The first kappa shape index (κ1) is 11.7. The maximum atomic E-state index is 9.65. The lowest BCUT2D eigenvalue weighted by molar-refractivity contribution is -0.0207. The molecule has 1 aliphatic heterocycles. The van der Waals surface area contributed by atoms with Crippen molar-refractivity contribution in [2.45, 2.75) is 30.3 Å². The number of aromatic hydroxyl groups is 1. The number of hydrogen-bond acceptors (Lipinski definition) is 7. The van der Waals surface area contributed by atoms with Gasteiger partial charge in [-0.3, -0.25) is 4.57 Å². The topological polar surface area (TPSA) is 93.3 Å². The van der Waals surface area contributed by atoms with Crippen molar-refractivity contribution < 1.29 is 14.9 Å². The Bertz CT molecular complexity index is 588. The minimum atomic E-state index is -0.228. The van der Waals surface area contributed by atoms with Crippen LogP contribution in [0.2, 0.25) is 0 Å². The Morgan fingerprint density at radius 2 is 2.28 bits per heavy atom. The molecule has 2 atom stereocenters. The number of hydrogen-bond donors (Lipinski definition) is 3. The molecular weight excluding hydrogens is 256 g/mol. The fourth-order valence-corrected chi connectivity index (χ4v) is 2.32. The zero-order chi connectivity index (χ0) is 12.7. The molecule has 1 saturated heterocycles. The van der Waals surface area contributed by atoms with Gasteiger partial charge in [-0.2, -0.15) is 4.98 Å². The fraction of sp³-hybridized carbons (Fsp3) is 0.500. The molecule has 3 heterocycles. The molecular formula is C10H12N4O3S. The van der Waals surface area contributed by atoms with Crippen LogP contribution in [-0.4, -0.2) is 42.4 Å². The predicted octanol–water partition coefficient (Wildman–Crippen LogP) is 0.490. The van der Waals surface area contributed by atoms with Gasteiger partial charge in [0.15, 0.2) is 16.3 Å². The van der Waals surface area contributed by atoms with Crippen molar-refractivity contribution in [3.05, 3.63) is 6.33 Å². The second-order valence-electron chi connectivity index (χ2n) is 4.14. The van der Waals surface area contributed by atoms with E-state index in [1.807, 2.05) is 0 Å². The van der Waals surface area contributed by atoms with Crippen LogP contribution in [0.15, 0.2) is 11.5 Å². The minimum Gasteiger partial charge on any atom is -0.492 e. The Morgan fingerprint density at radius 1 is 1.44 bits per heavy atom. The Balaban J connectivity index is 2.03. The number of rotatable bonds is 2. The van der Waals surface area contributed by atoms with Crippen molar-refractivity contribution in [1.29, 1.82) is 0 Å². The van der Waals surface area contributed by atoms with Gasteiger partial charge in [0.25, 0.3) is 0 Å². The van der Waals surface area contributed by atoms with Crippen LogP contribution in [0, 0.1) is 0 Å². The van der Waals surface area contributed by atoms with E-state index in [9.17, 15) is 5.11 Å². The molecule has 2 N–H and O–H groups in total. The van der Waals surface area contributed by atoms with Gasteiger partial charge in [-0.25, -0.2) is 9.97 Å². The molecule has 3 rings (SSSR count). The summed E-state index contributed by atoms with van der Waals surface area (Å²) in [4.78, 5) is 11.9. The summed E-state index contributed by atoms with van der Waals surface area (Å²) >= 11 is 4.03. The molecule has 1 fully saturated rings. The average Bonchev–Trinajstić information content (AvgIpc) is 2.93. The number of fused-ring (bicyclic) bond motifs is 1. The molecule has 0 bridgehead atoms. The van der Waals surface area contributed by atoms with E-state index >= 15 is 0 Å². The number of aliphatic hydroxyl groups is 1. The monoisotopic (exact) mass is 268 g/mol. The smallest absolute Gasteiger partial charge is 0.243 e. The maximum Gasteiger partial charge on any atom is 0.243 e. The second kappa shape index (κ2) is 4.38. The van der Waals surface area contributed by atoms with Crippen molar-refractivity contribution in [1.82, 2.24) is 19.5 Å². The van der Waals surface area contributed by atoms with Crippen molar-refractivity contribution in [3.63, 3.8) is 0 Å². The normalized spacial score (nSPS) is 23.9. The summed E-state index contributed by atoms with van der Waals surface area (Å²) in [6.45, 7) is 0.00117. The summed E-state index contributed by atoms with van der Waals surface area (Å²) in [5, 5.41) is 18.9. The molecule has 0 unspecified atom stereocenters. The van der Waals surface area contributed by atoms with Crippen LogP contribution in [0.3, 0.4) is 0 Å². The highest BCUT2D eigenvalue weighted by molar-refractivity contribution is 7.80. The molecule has 0 amide bonds. The molecule has 2 aromatic rings. The Hall–Kier alpha value is -1.38. The Labute approximate surface area is 108 Å². The van der Waals surface area contributed by atoms with E-state index in [0.717, 1.165) is 12.8 Å². The third kappa shape index (κ3) is 1.82. The van der Waals surface area contributed by atoms with E-state index in [4.69, 9.17) is 9.84 Å². The van der Waals surface area contributed by atoms with Gasteiger partial charge in [0.2, 0.25) is 5.88 Å². The first-order chi connectivity index (χ1) is 8.69. The van der Waals surface area contributed by atoms with Crippen LogP contribution >= 0.6 is 12.6 Å². The first-order valence-electron chi connectivity index (χ1n) is 5.58. The lowest BCUT2D eigenvalue weighted by Gasteiger charge is -2.13. The van der Waals surface area contributed by atoms with Crippen LogP contribution in [0.4, 0.5) is 0 Å². The van der Waals surface area contributed by atoms with Crippen LogP contribution in [0.1, 0.15) is 19.1 Å². The lowest BCUT2D eigenvalue weighted by atomic mass is 10.2. The summed E-state index contributed by atoms with van der Waals surface area (Å²) in [5.41, 5.74) is 0.805. The van der Waals surface area contributed by atoms with Crippen LogP contribution in [-0.2, 0) is 4.74 Å². The molecule has 0 saturated carbocycles. The van der Waals surface area contributed by atoms with Gasteiger partial charge in [0.1, 0.15) is 6.23 Å². The molecule has 0 radical (unpaired) electrons. The zero-order valence-corrected chi connectivity index (χ0v) is 10.3. The quantitative estimate of drug-likeness (QED) is 0.542. The van der Waals surface area contributed by atoms with Crippen molar-refractivity contribution in [3.8, 4) is 5.88 Å². The van der Waals surface area contributed by atoms with Gasteiger partial charge in [-0.1, -0.05) is 0 Å². The molecule has 2 aromatic heterocycles. The van der Waals surface area contributed by atoms with Gasteiger partial charge >= 0.3 is 0 Å². The van der Waals surface area contributed by atoms with E-state index in [0.29, 0.717) is 11.2 Å². The van der Waals surface area contributed by atoms with Crippen LogP contribution in [0.5, 0.6) is 5.88 Å². The number of imidazole rings is 1. The third-order valence-electron chi connectivity index (χ3n) is 2.99. The number of aromatic nitrogens is 4. The number of ether oxygens (including phenoxy) is 1. The average molecular weight is 268 g/mol. The van der Waals surface area contributed by atoms with Gasteiger partial charge in [-0.15, -0.1) is 12.6 Å². The van der Waals surface area contributed by atoms with E-state index in [1.54, 1.807) is 10.9 Å². The minimum absolute atomic E-state index is 0.00117. The lowest BCUT2D eigenvalue weighted by Crippen LogP contribution is -2.14. The summed E-state index contributed by atoms with van der Waals surface area (Å²) < 4.78 is 7.38. The van der Waals surface area contributed by atoms with Crippen molar-refractivity contribution >= 4 is 23.8 Å². The Kier molecular flexibility index (Phi) is 2.84. The Morgan fingerprint density at radius 3 is 3.00 bits per heavy atom. The molecule has 0 aromatic carbocycles. The van der Waals surface area contributed by atoms with E-state index < -0.39 is 0 Å². The zero-order valence-electron chi connectivity index (χ0n) is 9.39. The van der Waals surface area contributed by atoms with E-state index in [1.165, 1.54) is 0 Å². The highest BCUT2D eigenvalue weighted by atomic mass is 32.1. The molecule has 18 heavy (non-hydrogen) atoms. The van der Waals surface area contributed by atoms with Gasteiger partial charge < -0.3 is 14.9 Å². The largest absolute Gasteiger partial charge is 0.492 e. The summed E-state index contributed by atoms with van der Waals surface area (Å²) in [5.74, 6) is -0.194. The van der Waals surface area contributed by atoms with Crippen LogP contribution < -0.4 is 0 Å². The van der Waals surface area contributed by atoms with Gasteiger partial charge in [-0.05, 0) is 12.8 Å². The molecule has 0 spiro atoms. The molecule has 7 nitrogen and oxygen atoms in total. The summed E-state index contributed by atoms with van der Waals surface area (Å²) in [7, 11) is 0. The summed E-state index contributed by atoms with van der Waals surface area (Å²) in [6, 6.07) is 0. The predicted molar refractivity (Wildman–Crippen MR) is 64.5 cm³/mol. The molecule has 1 aliphatic rings. The van der Waals surface area contributed by atoms with Gasteiger partial charge in [0, 0.05) is 0 Å². The molecule has 8 heteroatoms.